The van der Waals surface area contributed by atoms with Gasteiger partial charge in [0.25, 0.3) is 11.8 Å². The maximum absolute atomic E-state index is 12.8. The lowest BCUT2D eigenvalue weighted by atomic mass is 10.1. The first-order valence-corrected chi connectivity index (χ1v) is 7.20. The lowest BCUT2D eigenvalue weighted by Crippen LogP contribution is -2.52. The van der Waals surface area contributed by atoms with Crippen molar-refractivity contribution in [2.45, 2.75) is 26.0 Å². The van der Waals surface area contributed by atoms with Crippen LogP contribution in [0.4, 0.5) is 5.69 Å². The van der Waals surface area contributed by atoms with E-state index in [1.165, 1.54) is 0 Å². The van der Waals surface area contributed by atoms with Crippen molar-refractivity contribution in [1.82, 2.24) is 10.2 Å². The summed E-state index contributed by atoms with van der Waals surface area (Å²) in [6.07, 6.45) is -0.591. The van der Waals surface area contributed by atoms with Crippen LogP contribution in [0.3, 0.4) is 0 Å². The van der Waals surface area contributed by atoms with E-state index in [9.17, 15) is 9.59 Å². The molecule has 2 atom stereocenters. The standard InChI is InChI=1S/C15H19N3O3/c1-9-8-16-6-7-18(9)15(20)11-4-3-5-12-13(11)21-10(2)14(19)17-12/h3-5,9-10,16H,6-8H2,1-2H3,(H,17,19)/t9-,10+/m1/s1. The number of benzene rings is 1. The normalized spacial score (nSPS) is 24.9. The summed E-state index contributed by atoms with van der Waals surface area (Å²) in [6, 6.07) is 5.40. The second-order valence-electron chi connectivity index (χ2n) is 5.48. The lowest BCUT2D eigenvalue weighted by molar-refractivity contribution is -0.122. The molecular weight excluding hydrogens is 270 g/mol. The molecule has 1 aromatic rings. The smallest absolute Gasteiger partial charge is 0.265 e. The third-order valence-corrected chi connectivity index (χ3v) is 3.93. The second-order valence-corrected chi connectivity index (χ2v) is 5.48. The molecule has 0 aromatic heterocycles. The third kappa shape index (κ3) is 2.47. The van der Waals surface area contributed by atoms with E-state index in [-0.39, 0.29) is 17.9 Å². The van der Waals surface area contributed by atoms with E-state index in [1.807, 2.05) is 11.8 Å². The zero-order chi connectivity index (χ0) is 15.0. The molecule has 0 bridgehead atoms. The van der Waals surface area contributed by atoms with Gasteiger partial charge in [0.05, 0.1) is 11.3 Å². The van der Waals surface area contributed by atoms with Crippen LogP contribution in [0.1, 0.15) is 24.2 Å². The Bertz CT molecular complexity index is 588. The first-order chi connectivity index (χ1) is 10.1. The number of hydrogen-bond donors (Lipinski definition) is 2. The molecule has 2 N–H and O–H groups in total. The van der Waals surface area contributed by atoms with Crippen LogP contribution in [0.2, 0.25) is 0 Å². The van der Waals surface area contributed by atoms with Gasteiger partial charge in [-0.05, 0) is 26.0 Å². The van der Waals surface area contributed by atoms with Crippen LogP contribution in [-0.4, -0.2) is 48.5 Å². The van der Waals surface area contributed by atoms with E-state index in [4.69, 9.17) is 4.74 Å². The number of ether oxygens (including phenoxy) is 1. The van der Waals surface area contributed by atoms with Gasteiger partial charge in [0.1, 0.15) is 0 Å². The molecule has 2 heterocycles. The molecule has 2 aliphatic heterocycles. The number of hydrogen-bond acceptors (Lipinski definition) is 4. The summed E-state index contributed by atoms with van der Waals surface area (Å²) >= 11 is 0. The van der Waals surface area contributed by atoms with Gasteiger partial charge in [-0.3, -0.25) is 9.59 Å². The van der Waals surface area contributed by atoms with Crippen LogP contribution in [0.25, 0.3) is 0 Å². The predicted molar refractivity (Wildman–Crippen MR) is 78.5 cm³/mol. The quantitative estimate of drug-likeness (QED) is 0.804. The lowest BCUT2D eigenvalue weighted by Gasteiger charge is -2.35. The zero-order valence-electron chi connectivity index (χ0n) is 12.2. The zero-order valence-corrected chi connectivity index (χ0v) is 12.2. The first kappa shape index (κ1) is 13.9. The van der Waals surface area contributed by atoms with Gasteiger partial charge >= 0.3 is 0 Å². The molecule has 0 radical (unpaired) electrons. The fourth-order valence-electron chi connectivity index (χ4n) is 2.69. The molecule has 0 saturated carbocycles. The Hall–Kier alpha value is -2.08. The van der Waals surface area contributed by atoms with Crippen LogP contribution >= 0.6 is 0 Å². The largest absolute Gasteiger partial charge is 0.478 e. The minimum atomic E-state index is -0.591. The maximum Gasteiger partial charge on any atom is 0.265 e. The molecule has 1 fully saturated rings. The molecule has 6 nitrogen and oxygen atoms in total. The van der Waals surface area contributed by atoms with Crippen LogP contribution in [0, 0.1) is 0 Å². The Kier molecular flexibility index (Phi) is 3.55. The number of nitrogens with zero attached hydrogens (tertiary/aromatic N) is 1. The van der Waals surface area contributed by atoms with Gasteiger partial charge < -0.3 is 20.3 Å². The number of fused-ring (bicyclic) bond motifs is 1. The number of nitrogens with one attached hydrogen (secondary N) is 2. The van der Waals surface area contributed by atoms with Gasteiger partial charge in [-0.15, -0.1) is 0 Å². The maximum atomic E-state index is 12.8. The molecular formula is C15H19N3O3. The van der Waals surface area contributed by atoms with Crippen molar-refractivity contribution in [1.29, 1.82) is 0 Å². The second kappa shape index (κ2) is 5.37. The highest BCUT2D eigenvalue weighted by Crippen LogP contribution is 2.34. The number of carbonyl (C=O) groups is 2. The SMILES string of the molecule is C[C@@H]1Oc2c(cccc2C(=O)N2CCNC[C@H]2C)NC1=O. The minimum Gasteiger partial charge on any atom is -0.478 e. The van der Waals surface area contributed by atoms with E-state index in [1.54, 1.807) is 25.1 Å². The molecule has 2 amide bonds. The summed E-state index contributed by atoms with van der Waals surface area (Å²) in [5.74, 6) is 0.229. The molecule has 2 aliphatic rings. The van der Waals surface area contributed by atoms with Crippen LogP contribution < -0.4 is 15.4 Å². The Morgan fingerprint density at radius 1 is 1.38 bits per heavy atom. The number of amides is 2. The van der Waals surface area contributed by atoms with Crippen molar-refractivity contribution in [2.24, 2.45) is 0 Å². The van der Waals surface area contributed by atoms with Crippen molar-refractivity contribution in [3.05, 3.63) is 23.8 Å². The number of piperazine rings is 1. The minimum absolute atomic E-state index is 0.0517. The molecule has 0 unspecified atom stereocenters. The molecule has 112 valence electrons. The summed E-state index contributed by atoms with van der Waals surface area (Å²) in [4.78, 5) is 26.3. The molecule has 21 heavy (non-hydrogen) atoms. The molecule has 6 heteroatoms. The molecule has 1 aromatic carbocycles. The van der Waals surface area contributed by atoms with E-state index >= 15 is 0 Å². The van der Waals surface area contributed by atoms with Crippen molar-refractivity contribution >= 4 is 17.5 Å². The van der Waals surface area contributed by atoms with Gasteiger partial charge in [0.2, 0.25) is 0 Å². The van der Waals surface area contributed by atoms with Crippen molar-refractivity contribution < 1.29 is 14.3 Å². The van der Waals surface area contributed by atoms with E-state index < -0.39 is 6.10 Å². The van der Waals surface area contributed by atoms with E-state index in [0.29, 0.717) is 23.5 Å². The Labute approximate surface area is 123 Å². The van der Waals surface area contributed by atoms with Crippen molar-refractivity contribution in [3.8, 4) is 5.75 Å². The molecule has 0 spiro atoms. The average molecular weight is 289 g/mol. The van der Waals surface area contributed by atoms with E-state index in [2.05, 4.69) is 10.6 Å². The van der Waals surface area contributed by atoms with Crippen molar-refractivity contribution in [3.63, 3.8) is 0 Å². The third-order valence-electron chi connectivity index (χ3n) is 3.93. The molecule has 0 aliphatic carbocycles. The van der Waals surface area contributed by atoms with Gasteiger partial charge in [0.15, 0.2) is 11.9 Å². The summed E-state index contributed by atoms with van der Waals surface area (Å²) < 4.78 is 5.65. The van der Waals surface area contributed by atoms with Crippen molar-refractivity contribution in [2.75, 3.05) is 25.0 Å². The highest BCUT2D eigenvalue weighted by molar-refractivity contribution is 6.04. The molecule has 1 saturated heterocycles. The Morgan fingerprint density at radius 2 is 2.19 bits per heavy atom. The fraction of sp³-hybridized carbons (Fsp3) is 0.467. The van der Waals surface area contributed by atoms with Gasteiger partial charge in [0, 0.05) is 25.7 Å². The Balaban J connectivity index is 1.94. The topological polar surface area (TPSA) is 70.7 Å². The number of carbonyl (C=O) groups excluding carboxylic acids is 2. The number of anilines is 1. The number of para-hydroxylation sites is 1. The van der Waals surface area contributed by atoms with Gasteiger partial charge in [-0.2, -0.15) is 0 Å². The van der Waals surface area contributed by atoms with Crippen LogP contribution in [-0.2, 0) is 4.79 Å². The number of rotatable bonds is 1. The van der Waals surface area contributed by atoms with Gasteiger partial charge in [-0.1, -0.05) is 6.07 Å². The monoisotopic (exact) mass is 289 g/mol. The predicted octanol–water partition coefficient (Wildman–Crippen LogP) is 0.840. The molecule has 3 rings (SSSR count). The Morgan fingerprint density at radius 3 is 2.95 bits per heavy atom. The highest BCUT2D eigenvalue weighted by atomic mass is 16.5. The van der Waals surface area contributed by atoms with Crippen LogP contribution in [0.5, 0.6) is 5.75 Å². The van der Waals surface area contributed by atoms with Gasteiger partial charge in [-0.25, -0.2) is 0 Å². The highest BCUT2D eigenvalue weighted by Gasteiger charge is 2.31. The van der Waals surface area contributed by atoms with E-state index in [0.717, 1.165) is 13.1 Å². The fourth-order valence-corrected chi connectivity index (χ4v) is 2.69. The first-order valence-electron chi connectivity index (χ1n) is 7.20. The summed E-state index contributed by atoms with van der Waals surface area (Å²) in [5.41, 5.74) is 1.07. The average Bonchev–Trinajstić information content (AvgIpc) is 2.48. The van der Waals surface area contributed by atoms with Crippen LogP contribution in [0.15, 0.2) is 18.2 Å². The summed E-state index contributed by atoms with van der Waals surface area (Å²) in [6.45, 7) is 5.94. The summed E-state index contributed by atoms with van der Waals surface area (Å²) in [5, 5.41) is 6.04. The summed E-state index contributed by atoms with van der Waals surface area (Å²) in [7, 11) is 0.